The molecule has 0 spiro atoms. The molecule has 0 aliphatic heterocycles. The molecule has 0 amide bonds. The summed E-state index contributed by atoms with van der Waals surface area (Å²) in [5.41, 5.74) is 6.08. The lowest BCUT2D eigenvalue weighted by Gasteiger charge is -2.32. The van der Waals surface area contributed by atoms with Crippen LogP contribution in [-0.4, -0.2) is 0 Å². The van der Waals surface area contributed by atoms with Crippen LogP contribution < -0.4 is 0 Å². The molecule has 0 nitrogen and oxygen atoms in total. The Kier molecular flexibility index (Phi) is 3.28. The normalized spacial score (nSPS) is 12.3. The fourth-order valence-corrected chi connectivity index (χ4v) is 1.97. The minimum atomic E-state index is 0.266. The highest BCUT2D eigenvalue weighted by Gasteiger charge is 2.26. The largest absolute Gasteiger partial charge is 0.0619 e. The minimum absolute atomic E-state index is 0.266. The maximum absolute atomic E-state index is 2.34. The molecule has 1 aromatic carbocycles. The van der Waals surface area contributed by atoms with E-state index in [-0.39, 0.29) is 5.41 Å². The van der Waals surface area contributed by atoms with Crippen LogP contribution in [0.1, 0.15) is 49.9 Å². The summed E-state index contributed by atoms with van der Waals surface area (Å²) in [7, 11) is 0. The summed E-state index contributed by atoms with van der Waals surface area (Å²) in [6.45, 7) is 16.0. The molecular weight excluding hydrogens is 180 g/mol. The van der Waals surface area contributed by atoms with Crippen LogP contribution in [0.25, 0.3) is 0 Å². The van der Waals surface area contributed by atoms with Crippen molar-refractivity contribution < 1.29 is 0 Å². The first-order chi connectivity index (χ1) is 6.78. The smallest absolute Gasteiger partial charge is 0.00778 e. The van der Waals surface area contributed by atoms with Crippen molar-refractivity contribution >= 4 is 0 Å². The standard InChI is InChI=1S/C15H24/c1-10(2)15(6,7)14-9-8-11(3)12(4)13(14)5/h8-10H,1-7H3. The lowest BCUT2D eigenvalue weighted by Crippen LogP contribution is -2.25. The number of rotatable bonds is 2. The molecule has 0 heteroatoms. The van der Waals surface area contributed by atoms with Gasteiger partial charge in [0.15, 0.2) is 0 Å². The van der Waals surface area contributed by atoms with E-state index in [0.717, 1.165) is 0 Å². The zero-order valence-corrected chi connectivity index (χ0v) is 11.2. The topological polar surface area (TPSA) is 0 Å². The predicted octanol–water partition coefficient (Wildman–Crippen LogP) is 4.55. The Labute approximate surface area is 94.7 Å². The second-order valence-electron chi connectivity index (χ2n) is 5.56. The van der Waals surface area contributed by atoms with Crippen LogP contribution in [0.15, 0.2) is 12.1 Å². The number of benzene rings is 1. The first kappa shape index (κ1) is 12.3. The van der Waals surface area contributed by atoms with E-state index in [0.29, 0.717) is 5.92 Å². The van der Waals surface area contributed by atoms with Crippen LogP contribution in [0.3, 0.4) is 0 Å². The van der Waals surface area contributed by atoms with E-state index in [4.69, 9.17) is 0 Å². The van der Waals surface area contributed by atoms with Crippen molar-refractivity contribution in [1.82, 2.24) is 0 Å². The Morgan fingerprint density at radius 1 is 0.933 bits per heavy atom. The second-order valence-corrected chi connectivity index (χ2v) is 5.56. The lowest BCUT2D eigenvalue weighted by atomic mass is 9.72. The predicted molar refractivity (Wildman–Crippen MR) is 68.5 cm³/mol. The van der Waals surface area contributed by atoms with Crippen LogP contribution in [0.4, 0.5) is 0 Å². The molecule has 0 heterocycles. The molecule has 0 atom stereocenters. The van der Waals surface area contributed by atoms with Gasteiger partial charge in [-0.05, 0) is 54.4 Å². The van der Waals surface area contributed by atoms with Gasteiger partial charge in [-0.3, -0.25) is 0 Å². The molecule has 0 aliphatic carbocycles. The fourth-order valence-electron chi connectivity index (χ4n) is 1.97. The molecule has 84 valence electrons. The third kappa shape index (κ3) is 2.09. The highest BCUT2D eigenvalue weighted by atomic mass is 14.3. The summed E-state index contributed by atoms with van der Waals surface area (Å²) in [5.74, 6) is 0.665. The van der Waals surface area contributed by atoms with Crippen LogP contribution >= 0.6 is 0 Å². The molecule has 0 saturated heterocycles. The van der Waals surface area contributed by atoms with Gasteiger partial charge < -0.3 is 0 Å². The monoisotopic (exact) mass is 204 g/mol. The summed E-state index contributed by atoms with van der Waals surface area (Å²) in [5, 5.41) is 0. The molecule has 0 fully saturated rings. The van der Waals surface area contributed by atoms with Crippen molar-refractivity contribution in [3.8, 4) is 0 Å². The minimum Gasteiger partial charge on any atom is -0.0619 e. The Hall–Kier alpha value is -0.780. The third-order valence-electron chi connectivity index (χ3n) is 4.20. The van der Waals surface area contributed by atoms with Gasteiger partial charge >= 0.3 is 0 Å². The summed E-state index contributed by atoms with van der Waals surface area (Å²) >= 11 is 0. The molecule has 0 N–H and O–H groups in total. The average Bonchev–Trinajstić information content (AvgIpc) is 2.13. The van der Waals surface area contributed by atoms with Gasteiger partial charge in [-0.1, -0.05) is 39.8 Å². The number of hydrogen-bond donors (Lipinski definition) is 0. The second kappa shape index (κ2) is 4.00. The van der Waals surface area contributed by atoms with Gasteiger partial charge in [0.05, 0.1) is 0 Å². The summed E-state index contributed by atoms with van der Waals surface area (Å²) in [4.78, 5) is 0. The summed E-state index contributed by atoms with van der Waals surface area (Å²) in [6, 6.07) is 4.56. The SMILES string of the molecule is Cc1ccc(C(C)(C)C(C)C)c(C)c1C. The third-order valence-corrected chi connectivity index (χ3v) is 4.20. The fraction of sp³-hybridized carbons (Fsp3) is 0.600. The zero-order chi connectivity index (χ0) is 11.8. The highest BCUT2D eigenvalue weighted by molar-refractivity contribution is 5.42. The van der Waals surface area contributed by atoms with Gasteiger partial charge in [-0.2, -0.15) is 0 Å². The van der Waals surface area contributed by atoms with E-state index in [1.807, 2.05) is 0 Å². The van der Waals surface area contributed by atoms with E-state index >= 15 is 0 Å². The van der Waals surface area contributed by atoms with Crippen molar-refractivity contribution in [3.05, 3.63) is 34.4 Å². The lowest BCUT2D eigenvalue weighted by molar-refractivity contribution is 0.370. The van der Waals surface area contributed by atoms with Gasteiger partial charge in [0.2, 0.25) is 0 Å². The van der Waals surface area contributed by atoms with Crippen molar-refractivity contribution in [1.29, 1.82) is 0 Å². The molecule has 0 radical (unpaired) electrons. The van der Waals surface area contributed by atoms with E-state index < -0.39 is 0 Å². The van der Waals surface area contributed by atoms with Crippen LogP contribution in [0.2, 0.25) is 0 Å². The molecule has 0 saturated carbocycles. The average molecular weight is 204 g/mol. The quantitative estimate of drug-likeness (QED) is 0.663. The van der Waals surface area contributed by atoms with Gasteiger partial charge in [0.1, 0.15) is 0 Å². The van der Waals surface area contributed by atoms with E-state index in [1.54, 1.807) is 0 Å². The van der Waals surface area contributed by atoms with Crippen LogP contribution in [-0.2, 0) is 5.41 Å². The maximum Gasteiger partial charge on any atom is -0.00778 e. The van der Waals surface area contributed by atoms with Crippen molar-refractivity contribution in [2.75, 3.05) is 0 Å². The molecule has 15 heavy (non-hydrogen) atoms. The van der Waals surface area contributed by atoms with Gasteiger partial charge in [0, 0.05) is 0 Å². The summed E-state index contributed by atoms with van der Waals surface area (Å²) in [6.07, 6.45) is 0. The van der Waals surface area contributed by atoms with Crippen LogP contribution in [0.5, 0.6) is 0 Å². The Morgan fingerprint density at radius 3 is 1.93 bits per heavy atom. The number of hydrogen-bond acceptors (Lipinski definition) is 0. The van der Waals surface area contributed by atoms with E-state index in [2.05, 4.69) is 60.6 Å². The first-order valence-electron chi connectivity index (χ1n) is 5.85. The molecule has 1 rings (SSSR count). The maximum atomic E-state index is 2.34. The van der Waals surface area contributed by atoms with Crippen molar-refractivity contribution in [3.63, 3.8) is 0 Å². The Morgan fingerprint density at radius 2 is 1.47 bits per heavy atom. The van der Waals surface area contributed by atoms with Gasteiger partial charge in [-0.15, -0.1) is 0 Å². The van der Waals surface area contributed by atoms with E-state index in [9.17, 15) is 0 Å². The van der Waals surface area contributed by atoms with Crippen molar-refractivity contribution in [2.24, 2.45) is 5.92 Å². The van der Waals surface area contributed by atoms with Crippen molar-refractivity contribution in [2.45, 2.75) is 53.9 Å². The molecular formula is C15H24. The first-order valence-corrected chi connectivity index (χ1v) is 5.85. The Balaban J connectivity index is 3.34. The Bertz CT molecular complexity index is 357. The highest BCUT2D eigenvalue weighted by Crippen LogP contribution is 2.35. The molecule has 0 unspecified atom stereocenters. The zero-order valence-electron chi connectivity index (χ0n) is 11.2. The molecule has 0 aromatic heterocycles. The summed E-state index contributed by atoms with van der Waals surface area (Å²) < 4.78 is 0. The van der Waals surface area contributed by atoms with Gasteiger partial charge in [0.25, 0.3) is 0 Å². The van der Waals surface area contributed by atoms with Gasteiger partial charge in [-0.25, -0.2) is 0 Å². The number of aryl methyl sites for hydroxylation is 1. The van der Waals surface area contributed by atoms with Crippen LogP contribution in [0, 0.1) is 26.7 Å². The molecule has 0 bridgehead atoms. The van der Waals surface area contributed by atoms with E-state index in [1.165, 1.54) is 22.3 Å². The molecule has 0 aliphatic rings. The molecule has 1 aromatic rings.